The van der Waals surface area contributed by atoms with Gasteiger partial charge in [0.15, 0.2) is 11.2 Å². The zero-order valence-electron chi connectivity index (χ0n) is 21.3. The maximum atomic E-state index is 12.7. The minimum absolute atomic E-state index is 0.0467. The van der Waals surface area contributed by atoms with Crippen molar-refractivity contribution in [2.24, 2.45) is 20.0 Å². The number of hydrogen-bond acceptors (Lipinski definition) is 6. The summed E-state index contributed by atoms with van der Waals surface area (Å²) in [6.45, 7) is 4.86. The van der Waals surface area contributed by atoms with Crippen LogP contribution in [0.3, 0.4) is 0 Å². The van der Waals surface area contributed by atoms with E-state index in [1.165, 1.54) is 16.2 Å². The predicted molar refractivity (Wildman–Crippen MR) is 131 cm³/mol. The van der Waals surface area contributed by atoms with Crippen molar-refractivity contribution in [2.75, 3.05) is 13.7 Å². The Morgan fingerprint density at radius 2 is 1.65 bits per heavy atom. The molecule has 0 aromatic carbocycles. The smallest absolute Gasteiger partial charge is 0.332 e. The molecule has 1 amide bonds. The molecule has 1 unspecified atom stereocenters. The number of rotatable bonds is 16. The van der Waals surface area contributed by atoms with Crippen molar-refractivity contribution in [1.29, 1.82) is 0 Å². The summed E-state index contributed by atoms with van der Waals surface area (Å²) in [7, 11) is 4.87. The number of carbonyl (C=O) groups excluding carboxylic acids is 1. The minimum atomic E-state index is -0.314. The van der Waals surface area contributed by atoms with Gasteiger partial charge in [-0.05, 0) is 18.8 Å². The Morgan fingerprint density at radius 3 is 2.26 bits per heavy atom. The second-order valence-corrected chi connectivity index (χ2v) is 9.27. The summed E-state index contributed by atoms with van der Waals surface area (Å²) in [5, 5.41) is 3.02. The summed E-state index contributed by atoms with van der Waals surface area (Å²) in [6, 6.07) is -0.0467. The van der Waals surface area contributed by atoms with Gasteiger partial charge < -0.3 is 9.88 Å². The standard InChI is InChI=1S/C24H41N5O5/c1-18(2)19(16-34-33-5)26-20(30)14-12-10-8-6-7-9-11-13-15-29-23(31)21-22(25-17-27(21)3)28(4)24(29)32/h17-19H,6-16H2,1-5H3,(H,26,30). The Kier molecular flexibility index (Phi) is 11.5. The molecule has 0 fully saturated rings. The van der Waals surface area contributed by atoms with Crippen LogP contribution in [0.25, 0.3) is 11.2 Å². The fraction of sp³-hybridized carbons (Fsp3) is 0.750. The molecular weight excluding hydrogens is 438 g/mol. The van der Waals surface area contributed by atoms with Gasteiger partial charge >= 0.3 is 5.69 Å². The number of hydrogen-bond donors (Lipinski definition) is 1. The maximum Gasteiger partial charge on any atom is 0.332 e. The maximum absolute atomic E-state index is 12.7. The van der Waals surface area contributed by atoms with E-state index in [1.807, 2.05) is 13.8 Å². The first-order chi connectivity index (χ1) is 16.3. The van der Waals surface area contributed by atoms with Gasteiger partial charge in [-0.25, -0.2) is 19.6 Å². The lowest BCUT2D eigenvalue weighted by Crippen LogP contribution is -2.41. The monoisotopic (exact) mass is 479 g/mol. The average molecular weight is 480 g/mol. The molecule has 10 heteroatoms. The van der Waals surface area contributed by atoms with E-state index in [2.05, 4.69) is 15.2 Å². The number of amides is 1. The van der Waals surface area contributed by atoms with Crippen LogP contribution in [0.2, 0.25) is 0 Å². The molecule has 192 valence electrons. The van der Waals surface area contributed by atoms with E-state index in [-0.39, 0.29) is 29.1 Å². The van der Waals surface area contributed by atoms with Crippen molar-refractivity contribution in [3.8, 4) is 0 Å². The zero-order chi connectivity index (χ0) is 25.1. The van der Waals surface area contributed by atoms with Crippen LogP contribution in [0.15, 0.2) is 15.9 Å². The third kappa shape index (κ3) is 7.80. The van der Waals surface area contributed by atoms with Crippen LogP contribution >= 0.6 is 0 Å². The minimum Gasteiger partial charge on any atom is -0.351 e. The Balaban J connectivity index is 1.59. The van der Waals surface area contributed by atoms with E-state index in [0.29, 0.717) is 30.7 Å². The molecule has 0 aliphatic heterocycles. The highest BCUT2D eigenvalue weighted by atomic mass is 17.2. The van der Waals surface area contributed by atoms with E-state index in [9.17, 15) is 14.4 Å². The van der Waals surface area contributed by atoms with Crippen LogP contribution in [-0.2, 0) is 35.2 Å². The third-order valence-corrected chi connectivity index (χ3v) is 6.25. The molecule has 0 spiro atoms. The number of nitrogens with one attached hydrogen (secondary N) is 1. The van der Waals surface area contributed by atoms with E-state index in [0.717, 1.165) is 51.4 Å². The lowest BCUT2D eigenvalue weighted by Gasteiger charge is -2.21. The summed E-state index contributed by atoms with van der Waals surface area (Å²) in [6.07, 6.45) is 10.2. The normalized spacial score (nSPS) is 12.5. The Bertz CT molecular complexity index is 1020. The van der Waals surface area contributed by atoms with Crippen LogP contribution in [0.5, 0.6) is 0 Å². The van der Waals surface area contributed by atoms with Gasteiger partial charge in [0.1, 0.15) is 6.61 Å². The van der Waals surface area contributed by atoms with Gasteiger partial charge in [0.05, 0.1) is 19.5 Å². The number of unbranched alkanes of at least 4 members (excludes halogenated alkanes) is 7. The van der Waals surface area contributed by atoms with Crippen molar-refractivity contribution in [3.05, 3.63) is 27.2 Å². The Hall–Kier alpha value is -2.46. The first-order valence-electron chi connectivity index (χ1n) is 12.3. The molecule has 0 aliphatic rings. The Morgan fingerprint density at radius 1 is 1.03 bits per heavy atom. The second kappa shape index (κ2) is 14.1. The highest BCUT2D eigenvalue weighted by Crippen LogP contribution is 2.11. The molecule has 0 saturated carbocycles. The quantitative estimate of drug-likeness (QED) is 0.225. The van der Waals surface area contributed by atoms with Crippen LogP contribution in [0.4, 0.5) is 0 Å². The molecule has 0 radical (unpaired) electrons. The first kappa shape index (κ1) is 27.8. The molecule has 1 atom stereocenters. The molecule has 2 aromatic rings. The largest absolute Gasteiger partial charge is 0.351 e. The zero-order valence-corrected chi connectivity index (χ0v) is 21.3. The molecule has 2 heterocycles. The summed E-state index contributed by atoms with van der Waals surface area (Å²) in [4.78, 5) is 51.1. The van der Waals surface area contributed by atoms with Crippen LogP contribution < -0.4 is 16.6 Å². The van der Waals surface area contributed by atoms with Gasteiger partial charge in [0.2, 0.25) is 5.91 Å². The average Bonchev–Trinajstić information content (AvgIpc) is 3.19. The van der Waals surface area contributed by atoms with Crippen molar-refractivity contribution in [2.45, 2.75) is 84.2 Å². The van der Waals surface area contributed by atoms with Crippen molar-refractivity contribution in [3.63, 3.8) is 0 Å². The summed E-state index contributed by atoms with van der Waals surface area (Å²) < 4.78 is 4.42. The molecule has 1 N–H and O–H groups in total. The number of carbonyl (C=O) groups is 1. The van der Waals surface area contributed by atoms with E-state index in [1.54, 1.807) is 25.0 Å². The van der Waals surface area contributed by atoms with Gasteiger partial charge in [-0.1, -0.05) is 52.4 Å². The molecule has 2 rings (SSSR count). The second-order valence-electron chi connectivity index (χ2n) is 9.27. The van der Waals surface area contributed by atoms with Crippen molar-refractivity contribution >= 4 is 17.1 Å². The number of aromatic nitrogens is 4. The number of nitrogens with zero attached hydrogens (tertiary/aromatic N) is 4. The SMILES string of the molecule is COOCC(NC(=O)CCCCCCCCCCn1c(=O)c2c(ncn2C)n(C)c1=O)C(C)C. The predicted octanol–water partition coefficient (Wildman–Crippen LogP) is 2.66. The molecule has 0 aliphatic carbocycles. The van der Waals surface area contributed by atoms with E-state index >= 15 is 0 Å². The van der Waals surface area contributed by atoms with Crippen molar-refractivity contribution in [1.82, 2.24) is 24.0 Å². The fourth-order valence-electron chi connectivity index (χ4n) is 4.03. The molecule has 10 nitrogen and oxygen atoms in total. The van der Waals surface area contributed by atoms with E-state index in [4.69, 9.17) is 4.89 Å². The lowest BCUT2D eigenvalue weighted by molar-refractivity contribution is -0.277. The molecule has 0 bridgehead atoms. The molecule has 34 heavy (non-hydrogen) atoms. The van der Waals surface area contributed by atoms with Crippen LogP contribution in [-0.4, -0.2) is 44.4 Å². The van der Waals surface area contributed by atoms with E-state index < -0.39 is 0 Å². The summed E-state index contributed by atoms with van der Waals surface area (Å²) in [5.41, 5.74) is 0.296. The highest BCUT2D eigenvalue weighted by Gasteiger charge is 2.17. The summed E-state index contributed by atoms with van der Waals surface area (Å²) >= 11 is 0. The number of fused-ring (bicyclic) bond motifs is 1. The third-order valence-electron chi connectivity index (χ3n) is 6.25. The van der Waals surface area contributed by atoms with Crippen LogP contribution in [0.1, 0.15) is 71.6 Å². The van der Waals surface area contributed by atoms with Gasteiger partial charge in [-0.15, -0.1) is 0 Å². The van der Waals surface area contributed by atoms with Crippen LogP contribution in [0, 0.1) is 5.92 Å². The number of aryl methyl sites for hydroxylation is 2. The fourth-order valence-corrected chi connectivity index (χ4v) is 4.03. The molecular formula is C24H41N5O5. The summed E-state index contributed by atoms with van der Waals surface area (Å²) in [5.74, 6) is 0.336. The van der Waals surface area contributed by atoms with Gasteiger partial charge in [-0.3, -0.25) is 18.7 Å². The van der Waals surface area contributed by atoms with Crippen molar-refractivity contribution < 1.29 is 14.6 Å². The first-order valence-corrected chi connectivity index (χ1v) is 12.3. The topological polar surface area (TPSA) is 109 Å². The molecule has 0 saturated heterocycles. The number of imidazole rings is 1. The van der Waals surface area contributed by atoms with Gasteiger partial charge in [0, 0.05) is 27.1 Å². The van der Waals surface area contributed by atoms with Gasteiger partial charge in [-0.2, -0.15) is 0 Å². The molecule has 2 aromatic heterocycles. The Labute approximate surface area is 201 Å². The van der Waals surface area contributed by atoms with Gasteiger partial charge in [0.25, 0.3) is 5.56 Å². The highest BCUT2D eigenvalue weighted by molar-refractivity contribution is 5.76. The lowest BCUT2D eigenvalue weighted by atomic mass is 10.0.